The van der Waals surface area contributed by atoms with Crippen LogP contribution in [0.1, 0.15) is 25.1 Å². The van der Waals surface area contributed by atoms with Crippen molar-refractivity contribution in [3.63, 3.8) is 0 Å². The summed E-state index contributed by atoms with van der Waals surface area (Å²) >= 11 is 0. The van der Waals surface area contributed by atoms with Crippen LogP contribution in [0, 0.1) is 0 Å². The first kappa shape index (κ1) is 11.2. The normalized spacial score (nSPS) is 11.5. The average molecular weight is 218 g/mol. The first-order valence-corrected chi connectivity index (χ1v) is 5.62. The van der Waals surface area contributed by atoms with Gasteiger partial charge in [-0.1, -0.05) is 12.1 Å². The SMILES string of the molecule is CC(C)OCc1cc2c(CN)cccc2[nH]1. The van der Waals surface area contributed by atoms with Gasteiger partial charge in [-0.15, -0.1) is 0 Å². The number of hydrogen-bond donors (Lipinski definition) is 2. The molecule has 2 aromatic rings. The molecule has 0 unspecified atom stereocenters. The monoisotopic (exact) mass is 218 g/mol. The molecule has 0 aliphatic rings. The molecule has 16 heavy (non-hydrogen) atoms. The van der Waals surface area contributed by atoms with Crippen LogP contribution in [0.2, 0.25) is 0 Å². The van der Waals surface area contributed by atoms with Gasteiger partial charge in [-0.05, 0) is 31.5 Å². The van der Waals surface area contributed by atoms with Crippen LogP contribution in [0.15, 0.2) is 24.3 Å². The fourth-order valence-corrected chi connectivity index (χ4v) is 1.79. The maximum absolute atomic E-state index is 5.70. The van der Waals surface area contributed by atoms with Crippen LogP contribution in [-0.2, 0) is 17.9 Å². The lowest BCUT2D eigenvalue weighted by molar-refractivity contribution is 0.0639. The highest BCUT2D eigenvalue weighted by molar-refractivity contribution is 5.83. The summed E-state index contributed by atoms with van der Waals surface area (Å²) in [5.41, 5.74) is 9.10. The zero-order chi connectivity index (χ0) is 11.5. The predicted molar refractivity (Wildman–Crippen MR) is 66.1 cm³/mol. The Morgan fingerprint density at radius 1 is 1.38 bits per heavy atom. The zero-order valence-electron chi connectivity index (χ0n) is 9.79. The molecule has 1 aromatic heterocycles. The summed E-state index contributed by atoms with van der Waals surface area (Å²) in [6.07, 6.45) is 0.250. The molecule has 0 spiro atoms. The van der Waals surface area contributed by atoms with Gasteiger partial charge in [0.1, 0.15) is 0 Å². The van der Waals surface area contributed by atoms with E-state index in [-0.39, 0.29) is 6.10 Å². The molecule has 3 N–H and O–H groups in total. The molecule has 3 heteroatoms. The smallest absolute Gasteiger partial charge is 0.0869 e. The van der Waals surface area contributed by atoms with E-state index in [2.05, 4.69) is 23.2 Å². The quantitative estimate of drug-likeness (QED) is 0.828. The number of fused-ring (bicyclic) bond motifs is 1. The third-order valence-electron chi connectivity index (χ3n) is 2.60. The molecule has 1 heterocycles. The average Bonchev–Trinajstić information content (AvgIpc) is 2.68. The lowest BCUT2D eigenvalue weighted by Gasteiger charge is -2.04. The Morgan fingerprint density at radius 2 is 2.19 bits per heavy atom. The van der Waals surface area contributed by atoms with Crippen molar-refractivity contribution < 1.29 is 4.74 Å². The summed E-state index contributed by atoms with van der Waals surface area (Å²) in [5.74, 6) is 0. The summed E-state index contributed by atoms with van der Waals surface area (Å²) in [6, 6.07) is 8.27. The van der Waals surface area contributed by atoms with Crippen LogP contribution in [-0.4, -0.2) is 11.1 Å². The van der Waals surface area contributed by atoms with Gasteiger partial charge in [0.15, 0.2) is 0 Å². The number of nitrogens with one attached hydrogen (secondary N) is 1. The number of nitrogens with two attached hydrogens (primary N) is 1. The van der Waals surface area contributed by atoms with Gasteiger partial charge < -0.3 is 15.5 Å². The van der Waals surface area contributed by atoms with Crippen LogP contribution in [0.3, 0.4) is 0 Å². The van der Waals surface area contributed by atoms with Crippen LogP contribution in [0.5, 0.6) is 0 Å². The standard InChI is InChI=1S/C13H18N2O/c1-9(2)16-8-11-6-12-10(7-14)4-3-5-13(12)15-11/h3-6,9,15H,7-8,14H2,1-2H3. The summed E-state index contributed by atoms with van der Waals surface area (Å²) in [5, 5.41) is 1.20. The van der Waals surface area contributed by atoms with Gasteiger partial charge in [0, 0.05) is 23.1 Å². The van der Waals surface area contributed by atoms with Gasteiger partial charge in [-0.3, -0.25) is 0 Å². The number of ether oxygens (including phenoxy) is 1. The van der Waals surface area contributed by atoms with Crippen LogP contribution >= 0.6 is 0 Å². The molecule has 0 aliphatic carbocycles. The lowest BCUT2D eigenvalue weighted by Crippen LogP contribution is -2.02. The molecule has 86 valence electrons. The zero-order valence-corrected chi connectivity index (χ0v) is 9.79. The minimum Gasteiger partial charge on any atom is -0.373 e. The van der Waals surface area contributed by atoms with Gasteiger partial charge >= 0.3 is 0 Å². The molecular weight excluding hydrogens is 200 g/mol. The third-order valence-corrected chi connectivity index (χ3v) is 2.60. The van der Waals surface area contributed by atoms with Gasteiger partial charge in [-0.2, -0.15) is 0 Å². The van der Waals surface area contributed by atoms with Crippen molar-refractivity contribution in [3.05, 3.63) is 35.5 Å². The fraction of sp³-hybridized carbons (Fsp3) is 0.385. The topological polar surface area (TPSA) is 51.0 Å². The largest absolute Gasteiger partial charge is 0.373 e. The number of benzene rings is 1. The van der Waals surface area contributed by atoms with Crippen molar-refractivity contribution in [2.75, 3.05) is 0 Å². The Labute approximate surface area is 95.6 Å². The highest BCUT2D eigenvalue weighted by atomic mass is 16.5. The van der Waals surface area contributed by atoms with Crippen molar-refractivity contribution in [2.45, 2.75) is 33.1 Å². The highest BCUT2D eigenvalue weighted by Crippen LogP contribution is 2.20. The molecule has 0 radical (unpaired) electrons. The molecule has 0 fully saturated rings. The second kappa shape index (κ2) is 4.68. The molecule has 0 bridgehead atoms. The number of hydrogen-bond acceptors (Lipinski definition) is 2. The molecule has 0 saturated heterocycles. The van der Waals surface area contributed by atoms with Gasteiger partial charge in [0.25, 0.3) is 0 Å². The highest BCUT2D eigenvalue weighted by Gasteiger charge is 2.04. The molecular formula is C13H18N2O. The van der Waals surface area contributed by atoms with E-state index in [9.17, 15) is 0 Å². The first-order chi connectivity index (χ1) is 7.70. The first-order valence-electron chi connectivity index (χ1n) is 5.62. The molecule has 0 amide bonds. The molecule has 0 aliphatic heterocycles. The summed E-state index contributed by atoms with van der Waals surface area (Å²) in [4.78, 5) is 3.35. The Bertz CT molecular complexity index is 474. The minimum atomic E-state index is 0.250. The predicted octanol–water partition coefficient (Wildman–Crippen LogP) is 2.55. The van der Waals surface area contributed by atoms with Gasteiger partial charge in [0.2, 0.25) is 0 Å². The van der Waals surface area contributed by atoms with Crippen LogP contribution in [0.25, 0.3) is 10.9 Å². The summed E-state index contributed by atoms with van der Waals surface area (Å²) < 4.78 is 5.57. The van der Waals surface area contributed by atoms with Crippen LogP contribution in [0.4, 0.5) is 0 Å². The second-order valence-electron chi connectivity index (χ2n) is 4.24. The van der Waals surface area contributed by atoms with Gasteiger partial charge in [0.05, 0.1) is 12.7 Å². The minimum absolute atomic E-state index is 0.250. The number of H-pyrrole nitrogens is 1. The molecule has 0 atom stereocenters. The number of aromatic nitrogens is 1. The van der Waals surface area contributed by atoms with E-state index in [4.69, 9.17) is 10.5 Å². The summed E-state index contributed by atoms with van der Waals surface area (Å²) in [6.45, 7) is 5.26. The van der Waals surface area contributed by atoms with Crippen LogP contribution < -0.4 is 5.73 Å². The maximum Gasteiger partial charge on any atom is 0.0869 e. The molecule has 1 aromatic carbocycles. The van der Waals surface area contributed by atoms with Crippen molar-refractivity contribution in [1.82, 2.24) is 4.98 Å². The van der Waals surface area contributed by atoms with E-state index in [0.717, 1.165) is 11.2 Å². The van der Waals surface area contributed by atoms with Crippen molar-refractivity contribution in [3.8, 4) is 0 Å². The van der Waals surface area contributed by atoms with E-state index in [1.807, 2.05) is 19.9 Å². The van der Waals surface area contributed by atoms with E-state index >= 15 is 0 Å². The van der Waals surface area contributed by atoms with Crippen molar-refractivity contribution in [1.29, 1.82) is 0 Å². The molecule has 3 nitrogen and oxygen atoms in total. The van der Waals surface area contributed by atoms with Gasteiger partial charge in [-0.25, -0.2) is 0 Å². The van der Waals surface area contributed by atoms with E-state index in [1.165, 1.54) is 10.9 Å². The lowest BCUT2D eigenvalue weighted by atomic mass is 10.1. The van der Waals surface area contributed by atoms with E-state index in [1.54, 1.807) is 0 Å². The fourth-order valence-electron chi connectivity index (χ4n) is 1.79. The number of rotatable bonds is 4. The Balaban J connectivity index is 2.29. The van der Waals surface area contributed by atoms with Crippen molar-refractivity contribution >= 4 is 10.9 Å². The Kier molecular flexibility index (Phi) is 3.27. The second-order valence-corrected chi connectivity index (χ2v) is 4.24. The van der Waals surface area contributed by atoms with Crippen molar-refractivity contribution in [2.24, 2.45) is 5.73 Å². The molecule has 0 saturated carbocycles. The Morgan fingerprint density at radius 3 is 2.88 bits per heavy atom. The third kappa shape index (κ3) is 2.26. The molecule has 2 rings (SSSR count). The van der Waals surface area contributed by atoms with E-state index in [0.29, 0.717) is 13.2 Å². The summed E-state index contributed by atoms with van der Waals surface area (Å²) in [7, 11) is 0. The maximum atomic E-state index is 5.70. The van der Waals surface area contributed by atoms with E-state index < -0.39 is 0 Å². The Hall–Kier alpha value is -1.32. The number of aromatic amines is 1.